The zero-order chi connectivity index (χ0) is 17.9. The number of nitro groups is 1. The third-order valence-electron chi connectivity index (χ3n) is 4.83. The van der Waals surface area contributed by atoms with Gasteiger partial charge in [-0.1, -0.05) is 24.3 Å². The van der Waals surface area contributed by atoms with Gasteiger partial charge in [0.1, 0.15) is 5.82 Å². The number of imidazole rings is 1. The monoisotopic (exact) mass is 351 g/mol. The SMILES string of the molecule is O=[N+]([O-])c1ccc(CN2CCN(Cc3nc4ccccc4[nH]3)CC2)cc1. The zero-order valence-electron chi connectivity index (χ0n) is 14.5. The van der Waals surface area contributed by atoms with Crippen LogP contribution in [-0.4, -0.2) is 50.9 Å². The van der Waals surface area contributed by atoms with Crippen LogP contribution in [0.25, 0.3) is 11.0 Å². The van der Waals surface area contributed by atoms with Crippen LogP contribution < -0.4 is 0 Å². The molecule has 26 heavy (non-hydrogen) atoms. The first-order chi connectivity index (χ1) is 12.7. The summed E-state index contributed by atoms with van der Waals surface area (Å²) in [5.41, 5.74) is 3.35. The van der Waals surface area contributed by atoms with Crippen LogP contribution in [0.2, 0.25) is 0 Å². The topological polar surface area (TPSA) is 78.3 Å². The number of benzene rings is 2. The van der Waals surface area contributed by atoms with Crippen LogP contribution in [0.4, 0.5) is 5.69 Å². The number of aromatic nitrogens is 2. The van der Waals surface area contributed by atoms with Gasteiger partial charge < -0.3 is 4.98 Å². The van der Waals surface area contributed by atoms with Crippen molar-refractivity contribution in [3.8, 4) is 0 Å². The Hall–Kier alpha value is -2.77. The van der Waals surface area contributed by atoms with E-state index in [1.165, 1.54) is 0 Å². The molecule has 0 spiro atoms. The van der Waals surface area contributed by atoms with Crippen molar-refractivity contribution in [3.63, 3.8) is 0 Å². The van der Waals surface area contributed by atoms with E-state index in [1.54, 1.807) is 12.1 Å². The molecule has 0 saturated carbocycles. The fourth-order valence-electron chi connectivity index (χ4n) is 3.38. The molecule has 7 nitrogen and oxygen atoms in total. The second-order valence-corrected chi connectivity index (χ2v) is 6.68. The molecule has 0 amide bonds. The molecule has 1 aromatic heterocycles. The van der Waals surface area contributed by atoms with E-state index in [4.69, 9.17) is 0 Å². The van der Waals surface area contributed by atoms with Crippen LogP contribution in [0.1, 0.15) is 11.4 Å². The smallest absolute Gasteiger partial charge is 0.269 e. The van der Waals surface area contributed by atoms with E-state index in [9.17, 15) is 10.1 Å². The van der Waals surface area contributed by atoms with Gasteiger partial charge in [0.25, 0.3) is 5.69 Å². The van der Waals surface area contributed by atoms with Gasteiger partial charge in [0.05, 0.1) is 22.5 Å². The van der Waals surface area contributed by atoms with Gasteiger partial charge in [-0.05, 0) is 17.7 Å². The van der Waals surface area contributed by atoms with Gasteiger partial charge in [-0.3, -0.25) is 19.9 Å². The van der Waals surface area contributed by atoms with Crippen LogP contribution in [0.3, 0.4) is 0 Å². The van der Waals surface area contributed by atoms with Crippen LogP contribution in [0.15, 0.2) is 48.5 Å². The lowest BCUT2D eigenvalue weighted by Crippen LogP contribution is -2.45. The number of fused-ring (bicyclic) bond motifs is 1. The Morgan fingerprint density at radius 1 is 0.962 bits per heavy atom. The van der Waals surface area contributed by atoms with Crippen LogP contribution >= 0.6 is 0 Å². The van der Waals surface area contributed by atoms with Crippen molar-refractivity contribution in [2.24, 2.45) is 0 Å². The highest BCUT2D eigenvalue weighted by molar-refractivity contribution is 5.74. The molecule has 0 aliphatic carbocycles. The van der Waals surface area contributed by atoms with E-state index < -0.39 is 0 Å². The number of hydrogen-bond donors (Lipinski definition) is 1. The van der Waals surface area contributed by atoms with Crippen molar-refractivity contribution < 1.29 is 4.92 Å². The van der Waals surface area contributed by atoms with Gasteiger partial charge in [0, 0.05) is 44.9 Å². The maximum atomic E-state index is 10.7. The highest BCUT2D eigenvalue weighted by Gasteiger charge is 2.18. The Morgan fingerprint density at radius 3 is 2.27 bits per heavy atom. The van der Waals surface area contributed by atoms with Crippen molar-refractivity contribution in [1.29, 1.82) is 0 Å². The van der Waals surface area contributed by atoms with Gasteiger partial charge in [0.15, 0.2) is 0 Å². The number of nitrogens with one attached hydrogen (secondary N) is 1. The fraction of sp³-hybridized carbons (Fsp3) is 0.316. The second-order valence-electron chi connectivity index (χ2n) is 6.68. The summed E-state index contributed by atoms with van der Waals surface area (Å²) in [7, 11) is 0. The lowest BCUT2D eigenvalue weighted by molar-refractivity contribution is -0.384. The predicted octanol–water partition coefficient (Wildman–Crippen LogP) is 2.79. The number of H-pyrrole nitrogens is 1. The molecule has 0 unspecified atom stereocenters. The molecule has 1 N–H and O–H groups in total. The molecule has 3 aromatic rings. The Labute approximate surface area is 151 Å². The highest BCUT2D eigenvalue weighted by atomic mass is 16.6. The first kappa shape index (κ1) is 16.7. The Morgan fingerprint density at radius 2 is 1.62 bits per heavy atom. The third kappa shape index (κ3) is 3.74. The molecule has 2 heterocycles. The van der Waals surface area contributed by atoms with Gasteiger partial charge in [-0.25, -0.2) is 4.98 Å². The number of nitrogens with zero attached hydrogens (tertiary/aromatic N) is 4. The first-order valence-corrected chi connectivity index (χ1v) is 8.79. The fourth-order valence-corrected chi connectivity index (χ4v) is 3.38. The van der Waals surface area contributed by atoms with Gasteiger partial charge in [0.2, 0.25) is 0 Å². The summed E-state index contributed by atoms with van der Waals surface area (Å²) in [6, 6.07) is 14.9. The molecule has 4 rings (SSSR count). The molecule has 7 heteroatoms. The van der Waals surface area contributed by atoms with Crippen molar-refractivity contribution in [3.05, 3.63) is 70.0 Å². The van der Waals surface area contributed by atoms with E-state index in [0.29, 0.717) is 0 Å². The lowest BCUT2D eigenvalue weighted by Gasteiger charge is -2.34. The van der Waals surface area contributed by atoms with Crippen LogP contribution in [-0.2, 0) is 13.1 Å². The molecule has 0 atom stereocenters. The van der Waals surface area contributed by atoms with Gasteiger partial charge in [-0.15, -0.1) is 0 Å². The lowest BCUT2D eigenvalue weighted by atomic mass is 10.2. The minimum Gasteiger partial charge on any atom is -0.341 e. The highest BCUT2D eigenvalue weighted by Crippen LogP contribution is 2.16. The number of para-hydroxylation sites is 2. The molecule has 1 saturated heterocycles. The summed E-state index contributed by atoms with van der Waals surface area (Å²) in [5.74, 6) is 1.01. The summed E-state index contributed by atoms with van der Waals surface area (Å²) in [5, 5.41) is 10.7. The molecule has 0 radical (unpaired) electrons. The summed E-state index contributed by atoms with van der Waals surface area (Å²) < 4.78 is 0. The maximum absolute atomic E-state index is 10.7. The van der Waals surface area contributed by atoms with E-state index in [-0.39, 0.29) is 10.6 Å². The number of piperazine rings is 1. The van der Waals surface area contributed by atoms with E-state index in [1.807, 2.05) is 36.4 Å². The van der Waals surface area contributed by atoms with Crippen molar-refractivity contribution in [2.45, 2.75) is 13.1 Å². The van der Waals surface area contributed by atoms with E-state index >= 15 is 0 Å². The van der Waals surface area contributed by atoms with E-state index in [2.05, 4.69) is 19.8 Å². The van der Waals surface area contributed by atoms with Crippen LogP contribution in [0.5, 0.6) is 0 Å². The van der Waals surface area contributed by atoms with Crippen molar-refractivity contribution in [1.82, 2.24) is 19.8 Å². The molecular formula is C19H21N5O2. The van der Waals surface area contributed by atoms with E-state index in [0.717, 1.165) is 61.7 Å². The van der Waals surface area contributed by atoms with Gasteiger partial charge >= 0.3 is 0 Å². The third-order valence-corrected chi connectivity index (χ3v) is 4.83. The maximum Gasteiger partial charge on any atom is 0.269 e. The standard InChI is InChI=1S/C19H21N5O2/c25-24(26)16-7-5-15(6-8-16)13-22-9-11-23(12-10-22)14-19-20-17-3-1-2-4-18(17)21-19/h1-8H,9-14H2,(H,20,21). The Bertz CT molecular complexity index is 865. The predicted molar refractivity (Wildman–Crippen MR) is 99.7 cm³/mol. The average molecular weight is 351 g/mol. The minimum atomic E-state index is -0.361. The average Bonchev–Trinajstić information content (AvgIpc) is 3.06. The molecule has 2 aromatic carbocycles. The second kappa shape index (κ2) is 7.23. The Balaban J connectivity index is 1.30. The summed E-state index contributed by atoms with van der Waals surface area (Å²) in [6.45, 7) is 5.61. The number of aromatic amines is 1. The van der Waals surface area contributed by atoms with Gasteiger partial charge in [-0.2, -0.15) is 0 Å². The van der Waals surface area contributed by atoms with Crippen LogP contribution in [0, 0.1) is 10.1 Å². The number of hydrogen-bond acceptors (Lipinski definition) is 5. The number of nitro benzene ring substituents is 1. The van der Waals surface area contributed by atoms with Crippen molar-refractivity contribution >= 4 is 16.7 Å². The minimum absolute atomic E-state index is 0.143. The molecule has 1 aliphatic heterocycles. The Kier molecular flexibility index (Phi) is 4.64. The quantitative estimate of drug-likeness (QED) is 0.565. The largest absolute Gasteiger partial charge is 0.341 e. The van der Waals surface area contributed by atoms with Crippen molar-refractivity contribution in [2.75, 3.05) is 26.2 Å². The number of non-ortho nitro benzene ring substituents is 1. The summed E-state index contributed by atoms with van der Waals surface area (Å²) >= 11 is 0. The summed E-state index contributed by atoms with van der Waals surface area (Å²) in [4.78, 5) is 23.2. The molecule has 134 valence electrons. The molecule has 1 aliphatic rings. The summed E-state index contributed by atoms with van der Waals surface area (Å²) in [6.07, 6.45) is 0. The molecule has 1 fully saturated rings. The number of rotatable bonds is 5. The molecule has 0 bridgehead atoms. The first-order valence-electron chi connectivity index (χ1n) is 8.79. The zero-order valence-corrected chi connectivity index (χ0v) is 14.5. The molecular weight excluding hydrogens is 330 g/mol. The normalized spacial score (nSPS) is 16.2.